The second kappa shape index (κ2) is 8.41. The number of aromatic nitrogens is 3. The van der Waals surface area contributed by atoms with Crippen LogP contribution < -0.4 is 5.56 Å². The average Bonchev–Trinajstić information content (AvgIpc) is 3.57. The maximum atomic E-state index is 13.3. The number of hydrogen-bond donors (Lipinski definition) is 0. The summed E-state index contributed by atoms with van der Waals surface area (Å²) in [7, 11) is 0. The van der Waals surface area contributed by atoms with Gasteiger partial charge in [-0.05, 0) is 35.8 Å². The summed E-state index contributed by atoms with van der Waals surface area (Å²) in [5.41, 5.74) is 1.01. The molecular weight excluding hydrogens is 466 g/mol. The molecule has 0 saturated heterocycles. The van der Waals surface area contributed by atoms with Gasteiger partial charge in [-0.2, -0.15) is 5.10 Å². The number of amides is 1. The Morgan fingerprint density at radius 2 is 2.25 bits per heavy atom. The van der Waals surface area contributed by atoms with Gasteiger partial charge in [-0.3, -0.25) is 14.2 Å². The van der Waals surface area contributed by atoms with Crippen molar-refractivity contribution in [3.63, 3.8) is 0 Å². The minimum Gasteiger partial charge on any atom is -0.467 e. The third-order valence-electron chi connectivity index (χ3n) is 5.10. The van der Waals surface area contributed by atoms with E-state index < -0.39 is 0 Å². The van der Waals surface area contributed by atoms with Crippen LogP contribution in [0, 0.1) is 3.95 Å². The van der Waals surface area contributed by atoms with Gasteiger partial charge in [0.2, 0.25) is 0 Å². The zero-order valence-electron chi connectivity index (χ0n) is 16.7. The molecule has 1 atom stereocenters. The van der Waals surface area contributed by atoms with Crippen molar-refractivity contribution >= 4 is 56.9 Å². The molecule has 0 aliphatic carbocycles. The Labute approximate surface area is 195 Å². The van der Waals surface area contributed by atoms with Crippen LogP contribution >= 0.6 is 34.9 Å². The molecule has 1 amide bonds. The third-order valence-corrected chi connectivity index (χ3v) is 7.45. The van der Waals surface area contributed by atoms with Crippen molar-refractivity contribution in [2.75, 3.05) is 0 Å². The molecule has 0 aromatic carbocycles. The lowest BCUT2D eigenvalue weighted by Crippen LogP contribution is -2.33. The number of hydrogen-bond acceptors (Lipinski definition) is 8. The topological polar surface area (TPSA) is 85.6 Å². The fourth-order valence-corrected chi connectivity index (χ4v) is 5.66. The van der Waals surface area contributed by atoms with E-state index in [2.05, 4.69) is 16.7 Å². The molecule has 8 nitrogen and oxygen atoms in total. The minimum atomic E-state index is -0.363. The van der Waals surface area contributed by atoms with E-state index in [9.17, 15) is 9.59 Å². The van der Waals surface area contributed by atoms with Crippen LogP contribution in [0.1, 0.15) is 23.1 Å². The van der Waals surface area contributed by atoms with Crippen LogP contribution in [0.3, 0.4) is 0 Å². The highest BCUT2D eigenvalue weighted by Crippen LogP contribution is 2.34. The zero-order chi connectivity index (χ0) is 22.2. The molecule has 0 radical (unpaired) electrons. The number of thiazole rings is 1. The van der Waals surface area contributed by atoms with Gasteiger partial charge in [-0.25, -0.2) is 9.99 Å². The van der Waals surface area contributed by atoms with Gasteiger partial charge in [0.15, 0.2) is 9.60 Å². The molecule has 0 N–H and O–H groups in total. The number of furan rings is 1. The quantitative estimate of drug-likeness (QED) is 0.303. The van der Waals surface area contributed by atoms with Gasteiger partial charge < -0.3 is 8.98 Å². The van der Waals surface area contributed by atoms with E-state index in [4.69, 9.17) is 16.6 Å². The van der Waals surface area contributed by atoms with Gasteiger partial charge in [-0.1, -0.05) is 23.5 Å². The molecule has 5 rings (SSSR count). The van der Waals surface area contributed by atoms with E-state index in [0.717, 1.165) is 10.6 Å². The van der Waals surface area contributed by atoms with Crippen LogP contribution in [0.25, 0.3) is 10.3 Å². The number of carbonyl (C=O) groups excluding carboxylic acids is 1. The van der Waals surface area contributed by atoms with Crippen molar-refractivity contribution in [3.05, 3.63) is 79.8 Å². The van der Waals surface area contributed by atoms with Crippen molar-refractivity contribution in [2.45, 2.75) is 25.6 Å². The minimum absolute atomic E-state index is 0.188. The largest absolute Gasteiger partial charge is 0.467 e. The summed E-state index contributed by atoms with van der Waals surface area (Å²) >= 11 is 8.10. The number of allylic oxidation sites excluding steroid dienone is 1. The maximum absolute atomic E-state index is 13.3. The summed E-state index contributed by atoms with van der Waals surface area (Å²) in [5, 5.41) is 7.97. The molecule has 5 heterocycles. The molecule has 11 heteroatoms. The number of carbonyl (C=O) groups is 1. The summed E-state index contributed by atoms with van der Waals surface area (Å²) in [6.07, 6.45) is 5.19. The number of nitrogens with zero attached hydrogens (tertiary/aromatic N) is 5. The zero-order valence-corrected chi connectivity index (χ0v) is 19.2. The van der Waals surface area contributed by atoms with Gasteiger partial charge in [0.05, 0.1) is 16.9 Å². The first-order valence-electron chi connectivity index (χ1n) is 9.73. The molecule has 1 aliphatic rings. The highest BCUT2D eigenvalue weighted by atomic mass is 32.1. The van der Waals surface area contributed by atoms with Crippen molar-refractivity contribution < 1.29 is 9.21 Å². The molecule has 4 aromatic heterocycles. The Hall–Kier alpha value is -3.15. The van der Waals surface area contributed by atoms with Crippen LogP contribution in [0.5, 0.6) is 0 Å². The standard InChI is InChI=1S/C21H17N5O3S3/c1-2-7-25-19-18(32-21(25)30)20(28)24(12-22-19)11-17(27)26-14(15-5-3-8-29-15)10-13(23-26)16-6-4-9-31-16/h2-6,8-9,12,14H,1,7,10-11H2. The fourth-order valence-electron chi connectivity index (χ4n) is 3.63. The molecular formula is C21H17N5O3S3. The van der Waals surface area contributed by atoms with Crippen LogP contribution in [-0.2, 0) is 17.9 Å². The van der Waals surface area contributed by atoms with E-state index in [-0.39, 0.29) is 24.1 Å². The fraction of sp³-hybridized carbons (Fsp3) is 0.190. The summed E-state index contributed by atoms with van der Waals surface area (Å²) in [6.45, 7) is 3.99. The first kappa shape index (κ1) is 20.7. The molecule has 1 aliphatic heterocycles. The van der Waals surface area contributed by atoms with E-state index in [1.807, 2.05) is 23.6 Å². The molecule has 4 aromatic rings. The SMILES string of the molecule is C=CCn1c(=S)sc2c(=O)n(CC(=O)N3N=C(c4cccs4)CC3c3ccco3)cnc21. The molecule has 162 valence electrons. The Morgan fingerprint density at radius 1 is 1.38 bits per heavy atom. The molecule has 0 spiro atoms. The smallest absolute Gasteiger partial charge is 0.273 e. The van der Waals surface area contributed by atoms with E-state index in [0.29, 0.717) is 33.0 Å². The highest BCUT2D eigenvalue weighted by molar-refractivity contribution is 7.73. The average molecular weight is 484 g/mol. The first-order chi connectivity index (χ1) is 15.6. The van der Waals surface area contributed by atoms with E-state index in [1.54, 1.807) is 34.3 Å². The van der Waals surface area contributed by atoms with Crippen molar-refractivity contribution in [2.24, 2.45) is 5.10 Å². The van der Waals surface area contributed by atoms with E-state index in [1.165, 1.54) is 27.2 Å². The Bertz CT molecular complexity index is 1440. The monoisotopic (exact) mass is 483 g/mol. The molecule has 0 fully saturated rings. The molecule has 1 unspecified atom stereocenters. The predicted octanol–water partition coefficient (Wildman–Crippen LogP) is 4.21. The second-order valence-electron chi connectivity index (χ2n) is 7.10. The lowest BCUT2D eigenvalue weighted by atomic mass is 10.1. The highest BCUT2D eigenvalue weighted by Gasteiger charge is 2.35. The predicted molar refractivity (Wildman–Crippen MR) is 127 cm³/mol. The van der Waals surface area contributed by atoms with E-state index >= 15 is 0 Å². The van der Waals surface area contributed by atoms with Gasteiger partial charge in [0.1, 0.15) is 29.4 Å². The third kappa shape index (κ3) is 3.57. The summed E-state index contributed by atoms with van der Waals surface area (Å²) in [6, 6.07) is 7.17. The number of thiophene rings is 1. The first-order valence-corrected chi connectivity index (χ1v) is 11.8. The van der Waals surface area contributed by atoms with Crippen molar-refractivity contribution in [1.82, 2.24) is 19.1 Å². The summed E-state index contributed by atoms with van der Waals surface area (Å²) in [5.74, 6) is 0.323. The Kier molecular flexibility index (Phi) is 5.45. The summed E-state index contributed by atoms with van der Waals surface area (Å²) < 4.78 is 9.57. The maximum Gasteiger partial charge on any atom is 0.273 e. The van der Waals surface area contributed by atoms with Crippen LogP contribution in [-0.4, -0.2) is 30.7 Å². The van der Waals surface area contributed by atoms with Crippen molar-refractivity contribution in [3.8, 4) is 0 Å². The molecule has 0 saturated carbocycles. The Balaban J connectivity index is 1.48. The normalized spacial score (nSPS) is 15.9. The van der Waals surface area contributed by atoms with Gasteiger partial charge in [0, 0.05) is 13.0 Å². The lowest BCUT2D eigenvalue weighted by molar-refractivity contribution is -0.134. The van der Waals surface area contributed by atoms with Crippen LogP contribution in [0.4, 0.5) is 0 Å². The Morgan fingerprint density at radius 3 is 2.97 bits per heavy atom. The van der Waals surface area contributed by atoms with Gasteiger partial charge >= 0.3 is 0 Å². The van der Waals surface area contributed by atoms with Crippen LogP contribution in [0.15, 0.2) is 69.2 Å². The summed E-state index contributed by atoms with van der Waals surface area (Å²) in [4.78, 5) is 31.7. The molecule has 32 heavy (non-hydrogen) atoms. The lowest BCUT2D eigenvalue weighted by Gasteiger charge is -2.20. The number of fused-ring (bicyclic) bond motifs is 1. The van der Waals surface area contributed by atoms with Crippen LogP contribution in [0.2, 0.25) is 0 Å². The van der Waals surface area contributed by atoms with Gasteiger partial charge in [0.25, 0.3) is 11.5 Å². The molecule has 0 bridgehead atoms. The number of rotatable bonds is 6. The van der Waals surface area contributed by atoms with Gasteiger partial charge in [-0.15, -0.1) is 17.9 Å². The van der Waals surface area contributed by atoms with Crippen molar-refractivity contribution in [1.29, 1.82) is 0 Å². The second-order valence-corrected chi connectivity index (χ2v) is 9.69. The number of hydrazone groups is 1.